The Balaban J connectivity index is 2.31. The van der Waals surface area contributed by atoms with Crippen LogP contribution in [0.3, 0.4) is 0 Å². The van der Waals surface area contributed by atoms with E-state index in [9.17, 15) is 14.4 Å². The fourth-order valence-electron chi connectivity index (χ4n) is 3.29. The van der Waals surface area contributed by atoms with Gasteiger partial charge in [0.25, 0.3) is 0 Å². The number of barbiturate groups is 1. The first-order valence-electron chi connectivity index (χ1n) is 6.63. The highest BCUT2D eigenvalue weighted by Crippen LogP contribution is 2.45. The van der Waals surface area contributed by atoms with Gasteiger partial charge in [0.15, 0.2) is 0 Å². The average Bonchev–Trinajstić information content (AvgIpc) is 2.26. The zero-order valence-corrected chi connectivity index (χ0v) is 10.9. The molecule has 18 heavy (non-hydrogen) atoms. The standard InChI is InChI=1S/C13H20N2O3/c1-8(2)7-9-5-3-4-6-13(9)10(16)14-12(18)15-11(13)17/h8-9H,3-7H2,1-2H3,(H2,14,15,16,17,18). The topological polar surface area (TPSA) is 75.3 Å². The molecule has 2 rings (SSSR count). The van der Waals surface area contributed by atoms with E-state index < -0.39 is 23.3 Å². The molecule has 1 heterocycles. The summed E-state index contributed by atoms with van der Waals surface area (Å²) < 4.78 is 0. The van der Waals surface area contributed by atoms with Crippen molar-refractivity contribution in [1.29, 1.82) is 0 Å². The predicted octanol–water partition coefficient (Wildman–Crippen LogP) is 1.58. The van der Waals surface area contributed by atoms with E-state index in [0.717, 1.165) is 25.7 Å². The first-order chi connectivity index (χ1) is 8.46. The summed E-state index contributed by atoms with van der Waals surface area (Å²) in [5.41, 5.74) is -1.02. The van der Waals surface area contributed by atoms with Crippen LogP contribution in [0.25, 0.3) is 0 Å². The summed E-state index contributed by atoms with van der Waals surface area (Å²) in [6.07, 6.45) is 4.19. The Morgan fingerprint density at radius 3 is 2.33 bits per heavy atom. The number of amides is 4. The molecule has 1 unspecified atom stereocenters. The molecule has 0 aromatic rings. The maximum Gasteiger partial charge on any atom is 0.328 e. The van der Waals surface area contributed by atoms with Crippen LogP contribution in [-0.4, -0.2) is 17.8 Å². The van der Waals surface area contributed by atoms with Gasteiger partial charge in [-0.3, -0.25) is 20.2 Å². The van der Waals surface area contributed by atoms with Crippen molar-refractivity contribution in [3.63, 3.8) is 0 Å². The van der Waals surface area contributed by atoms with Crippen LogP contribution in [0.1, 0.15) is 46.0 Å². The molecule has 1 spiro atoms. The molecular weight excluding hydrogens is 232 g/mol. The van der Waals surface area contributed by atoms with Gasteiger partial charge in [0.2, 0.25) is 11.8 Å². The van der Waals surface area contributed by atoms with Gasteiger partial charge in [-0.2, -0.15) is 0 Å². The second kappa shape index (κ2) is 4.71. The lowest BCUT2D eigenvalue weighted by Crippen LogP contribution is -2.65. The zero-order valence-electron chi connectivity index (χ0n) is 10.9. The molecule has 1 saturated heterocycles. The molecule has 4 amide bonds. The van der Waals surface area contributed by atoms with E-state index in [1.165, 1.54) is 0 Å². The molecule has 1 aliphatic carbocycles. The molecular formula is C13H20N2O3. The van der Waals surface area contributed by atoms with Crippen molar-refractivity contribution in [3.05, 3.63) is 0 Å². The van der Waals surface area contributed by atoms with Crippen LogP contribution in [-0.2, 0) is 9.59 Å². The highest BCUT2D eigenvalue weighted by atomic mass is 16.2. The van der Waals surface area contributed by atoms with Crippen molar-refractivity contribution in [3.8, 4) is 0 Å². The van der Waals surface area contributed by atoms with Crippen LogP contribution in [0, 0.1) is 17.3 Å². The Bertz CT molecular complexity index is 370. The van der Waals surface area contributed by atoms with E-state index in [1.807, 2.05) is 0 Å². The quantitative estimate of drug-likeness (QED) is 0.732. The SMILES string of the molecule is CC(C)CC1CCCCC12C(=O)NC(=O)NC2=O. The van der Waals surface area contributed by atoms with Crippen molar-refractivity contribution in [2.75, 3.05) is 0 Å². The molecule has 1 aliphatic heterocycles. The Morgan fingerprint density at radius 2 is 1.78 bits per heavy atom. The van der Waals surface area contributed by atoms with E-state index >= 15 is 0 Å². The molecule has 0 bridgehead atoms. The predicted molar refractivity (Wildman–Crippen MR) is 65.5 cm³/mol. The molecule has 0 radical (unpaired) electrons. The smallest absolute Gasteiger partial charge is 0.277 e. The largest absolute Gasteiger partial charge is 0.328 e. The summed E-state index contributed by atoms with van der Waals surface area (Å²) in [4.78, 5) is 35.6. The minimum absolute atomic E-state index is 0.0411. The van der Waals surface area contributed by atoms with Crippen molar-refractivity contribution in [2.45, 2.75) is 46.0 Å². The maximum absolute atomic E-state index is 12.2. The van der Waals surface area contributed by atoms with E-state index in [2.05, 4.69) is 24.5 Å². The third kappa shape index (κ3) is 2.02. The number of urea groups is 1. The summed E-state index contributed by atoms with van der Waals surface area (Å²) in [5.74, 6) is -0.328. The van der Waals surface area contributed by atoms with Gasteiger partial charge in [-0.25, -0.2) is 4.79 Å². The van der Waals surface area contributed by atoms with Crippen molar-refractivity contribution < 1.29 is 14.4 Å². The molecule has 1 atom stereocenters. The fourth-order valence-corrected chi connectivity index (χ4v) is 3.29. The third-order valence-electron chi connectivity index (χ3n) is 4.09. The molecule has 2 fully saturated rings. The van der Waals surface area contributed by atoms with Crippen LogP contribution in [0.4, 0.5) is 4.79 Å². The van der Waals surface area contributed by atoms with Crippen LogP contribution < -0.4 is 10.6 Å². The Kier molecular flexibility index (Phi) is 3.41. The summed E-state index contributed by atoms with van der Waals surface area (Å²) >= 11 is 0. The number of nitrogens with one attached hydrogen (secondary N) is 2. The molecule has 1 saturated carbocycles. The number of hydrogen-bond donors (Lipinski definition) is 2. The second-order valence-corrected chi connectivity index (χ2v) is 5.78. The Labute approximate surface area is 107 Å². The lowest BCUT2D eigenvalue weighted by Gasteiger charge is -2.43. The van der Waals surface area contributed by atoms with Gasteiger partial charge >= 0.3 is 6.03 Å². The van der Waals surface area contributed by atoms with E-state index in [1.54, 1.807) is 0 Å². The minimum atomic E-state index is -1.02. The molecule has 0 aromatic heterocycles. The summed E-state index contributed by atoms with van der Waals surface area (Å²) in [6, 6.07) is -0.690. The number of carbonyl (C=O) groups is 3. The minimum Gasteiger partial charge on any atom is -0.277 e. The molecule has 5 nitrogen and oxygen atoms in total. The third-order valence-corrected chi connectivity index (χ3v) is 4.09. The highest BCUT2D eigenvalue weighted by Gasteiger charge is 2.55. The summed E-state index contributed by atoms with van der Waals surface area (Å²) in [5, 5.41) is 4.53. The van der Waals surface area contributed by atoms with Gasteiger partial charge < -0.3 is 0 Å². The molecule has 5 heteroatoms. The summed E-state index contributed by atoms with van der Waals surface area (Å²) in [7, 11) is 0. The van der Waals surface area contributed by atoms with Gasteiger partial charge in [-0.1, -0.05) is 26.7 Å². The van der Waals surface area contributed by atoms with E-state index in [0.29, 0.717) is 12.3 Å². The van der Waals surface area contributed by atoms with Gasteiger partial charge in [0.05, 0.1) is 0 Å². The Morgan fingerprint density at radius 1 is 1.17 bits per heavy atom. The number of rotatable bonds is 2. The molecule has 100 valence electrons. The van der Waals surface area contributed by atoms with Gasteiger partial charge in [-0.15, -0.1) is 0 Å². The lowest BCUT2D eigenvalue weighted by molar-refractivity contribution is -0.151. The van der Waals surface area contributed by atoms with Crippen LogP contribution in [0.15, 0.2) is 0 Å². The van der Waals surface area contributed by atoms with Crippen LogP contribution >= 0.6 is 0 Å². The first kappa shape index (κ1) is 13.1. The van der Waals surface area contributed by atoms with Crippen molar-refractivity contribution in [2.24, 2.45) is 17.3 Å². The van der Waals surface area contributed by atoms with Gasteiger partial charge in [-0.05, 0) is 31.1 Å². The second-order valence-electron chi connectivity index (χ2n) is 5.78. The first-order valence-corrected chi connectivity index (χ1v) is 6.63. The van der Waals surface area contributed by atoms with E-state index in [4.69, 9.17) is 0 Å². The highest BCUT2D eigenvalue weighted by molar-refractivity contribution is 6.19. The zero-order chi connectivity index (χ0) is 13.3. The van der Waals surface area contributed by atoms with Crippen LogP contribution in [0.5, 0.6) is 0 Å². The molecule has 2 N–H and O–H groups in total. The van der Waals surface area contributed by atoms with Gasteiger partial charge in [0, 0.05) is 0 Å². The average molecular weight is 252 g/mol. The summed E-state index contributed by atoms with van der Waals surface area (Å²) in [6.45, 7) is 4.18. The monoisotopic (exact) mass is 252 g/mol. The van der Waals surface area contributed by atoms with Crippen molar-refractivity contribution in [1.82, 2.24) is 10.6 Å². The normalized spacial score (nSPS) is 27.3. The van der Waals surface area contributed by atoms with Crippen molar-refractivity contribution >= 4 is 17.8 Å². The fraction of sp³-hybridized carbons (Fsp3) is 0.769. The van der Waals surface area contributed by atoms with Crippen LogP contribution in [0.2, 0.25) is 0 Å². The lowest BCUT2D eigenvalue weighted by atomic mass is 9.62. The van der Waals surface area contributed by atoms with E-state index in [-0.39, 0.29) is 5.92 Å². The van der Waals surface area contributed by atoms with Gasteiger partial charge in [0.1, 0.15) is 5.41 Å². The Hall–Kier alpha value is -1.39. The molecule has 0 aromatic carbocycles. The maximum atomic E-state index is 12.2. The number of hydrogen-bond acceptors (Lipinski definition) is 3. The number of imide groups is 2. The molecule has 2 aliphatic rings. The number of carbonyl (C=O) groups excluding carboxylic acids is 3.